The largest absolute Gasteiger partial charge is 0.399 e. The Morgan fingerprint density at radius 1 is 1.04 bits per heavy atom. The van der Waals surface area contributed by atoms with E-state index in [9.17, 15) is 5.11 Å². The second kappa shape index (κ2) is 7.93. The molecule has 4 heteroatoms. The van der Waals surface area contributed by atoms with Gasteiger partial charge in [-0.2, -0.15) is 0 Å². The van der Waals surface area contributed by atoms with Gasteiger partial charge in [-0.3, -0.25) is 0 Å². The van der Waals surface area contributed by atoms with Gasteiger partial charge in [0.05, 0.1) is 5.60 Å². The zero-order valence-corrected chi connectivity index (χ0v) is 15.0. The zero-order chi connectivity index (χ0) is 17.7. The summed E-state index contributed by atoms with van der Waals surface area (Å²) in [6, 6.07) is 15.2. The molecule has 1 aliphatic rings. The van der Waals surface area contributed by atoms with E-state index >= 15 is 0 Å². The maximum atomic E-state index is 10.9. The highest BCUT2D eigenvalue weighted by Gasteiger charge is 2.33. The Morgan fingerprint density at radius 2 is 1.68 bits per heavy atom. The van der Waals surface area contributed by atoms with Crippen molar-refractivity contribution in [3.05, 3.63) is 64.7 Å². The Bertz CT molecular complexity index is 751. The molecule has 0 unspecified atom stereocenters. The lowest BCUT2D eigenvalue weighted by Crippen LogP contribution is -2.42. The van der Waals surface area contributed by atoms with Gasteiger partial charge in [-0.1, -0.05) is 35.6 Å². The van der Waals surface area contributed by atoms with Crippen LogP contribution in [-0.4, -0.2) is 29.6 Å². The lowest BCUT2D eigenvalue weighted by molar-refractivity contribution is -0.0253. The fourth-order valence-electron chi connectivity index (χ4n) is 3.14. The number of likely N-dealkylation sites (tertiary alicyclic amines) is 1. The van der Waals surface area contributed by atoms with Crippen LogP contribution in [0.4, 0.5) is 5.69 Å². The van der Waals surface area contributed by atoms with E-state index in [1.165, 1.54) is 0 Å². The second-order valence-electron chi connectivity index (χ2n) is 6.55. The van der Waals surface area contributed by atoms with Gasteiger partial charge in [-0.05, 0) is 54.8 Å². The Balaban J connectivity index is 1.48. The van der Waals surface area contributed by atoms with Crippen molar-refractivity contribution in [3.8, 4) is 11.8 Å². The van der Waals surface area contributed by atoms with Gasteiger partial charge in [0, 0.05) is 42.3 Å². The first-order valence-corrected chi connectivity index (χ1v) is 8.98. The summed E-state index contributed by atoms with van der Waals surface area (Å²) in [5.41, 5.74) is 7.63. The van der Waals surface area contributed by atoms with Crippen LogP contribution in [0.1, 0.15) is 30.4 Å². The van der Waals surface area contributed by atoms with Gasteiger partial charge < -0.3 is 15.7 Å². The summed E-state index contributed by atoms with van der Waals surface area (Å²) in [4.78, 5) is 2.36. The molecule has 0 amide bonds. The Hall–Kier alpha value is -1.99. The molecule has 3 nitrogen and oxygen atoms in total. The first-order valence-electron chi connectivity index (χ1n) is 8.60. The highest BCUT2D eigenvalue weighted by atomic mass is 35.5. The molecular formula is C21H23ClN2O. The fourth-order valence-corrected chi connectivity index (χ4v) is 3.27. The lowest BCUT2D eigenvalue weighted by Gasteiger charge is -2.38. The molecule has 3 N–H and O–H groups in total. The van der Waals surface area contributed by atoms with E-state index in [-0.39, 0.29) is 0 Å². The minimum atomic E-state index is -0.739. The van der Waals surface area contributed by atoms with Crippen molar-refractivity contribution in [3.63, 3.8) is 0 Å². The average molecular weight is 355 g/mol. The number of aliphatic hydroxyl groups is 1. The predicted octanol–water partition coefficient (Wildman–Crippen LogP) is 3.65. The van der Waals surface area contributed by atoms with Crippen molar-refractivity contribution in [2.24, 2.45) is 0 Å². The summed E-state index contributed by atoms with van der Waals surface area (Å²) >= 11 is 5.93. The van der Waals surface area contributed by atoms with E-state index in [4.69, 9.17) is 17.3 Å². The van der Waals surface area contributed by atoms with Gasteiger partial charge in [-0.25, -0.2) is 0 Å². The quantitative estimate of drug-likeness (QED) is 0.653. The maximum absolute atomic E-state index is 10.9. The van der Waals surface area contributed by atoms with Gasteiger partial charge in [0.25, 0.3) is 0 Å². The SMILES string of the molecule is Nc1ccc(C#CCCN2CCC(O)(c3ccc(Cl)cc3)CC2)cc1. The van der Waals surface area contributed by atoms with Gasteiger partial charge in [0.2, 0.25) is 0 Å². The van der Waals surface area contributed by atoms with Crippen LogP contribution in [0, 0.1) is 11.8 Å². The summed E-state index contributed by atoms with van der Waals surface area (Å²) < 4.78 is 0. The number of anilines is 1. The molecule has 1 saturated heterocycles. The molecule has 130 valence electrons. The molecule has 0 aliphatic carbocycles. The van der Waals surface area contributed by atoms with E-state index in [2.05, 4.69) is 16.7 Å². The van der Waals surface area contributed by atoms with E-state index < -0.39 is 5.60 Å². The van der Waals surface area contributed by atoms with Crippen LogP contribution in [0.3, 0.4) is 0 Å². The van der Waals surface area contributed by atoms with Gasteiger partial charge in [0.15, 0.2) is 0 Å². The predicted molar refractivity (Wildman–Crippen MR) is 103 cm³/mol. The highest BCUT2D eigenvalue weighted by Crippen LogP contribution is 2.33. The summed E-state index contributed by atoms with van der Waals surface area (Å²) in [6.07, 6.45) is 2.30. The molecule has 3 rings (SSSR count). The van der Waals surface area contributed by atoms with E-state index in [1.807, 2.05) is 48.5 Å². The van der Waals surface area contributed by atoms with Crippen molar-refractivity contribution in [2.75, 3.05) is 25.4 Å². The summed E-state index contributed by atoms with van der Waals surface area (Å²) in [5, 5.41) is 11.6. The van der Waals surface area contributed by atoms with Crippen LogP contribution < -0.4 is 5.73 Å². The Morgan fingerprint density at radius 3 is 2.32 bits per heavy atom. The Labute approximate surface area is 154 Å². The molecule has 0 atom stereocenters. The maximum Gasteiger partial charge on any atom is 0.0920 e. The lowest BCUT2D eigenvalue weighted by atomic mass is 9.84. The average Bonchev–Trinajstić information content (AvgIpc) is 2.62. The van der Waals surface area contributed by atoms with Crippen LogP contribution in [0.25, 0.3) is 0 Å². The number of hydrogen-bond acceptors (Lipinski definition) is 3. The molecule has 1 aliphatic heterocycles. The van der Waals surface area contributed by atoms with E-state index in [1.54, 1.807) is 0 Å². The third-order valence-electron chi connectivity index (χ3n) is 4.76. The Kier molecular flexibility index (Phi) is 5.65. The molecule has 0 radical (unpaired) electrons. The number of hydrogen-bond donors (Lipinski definition) is 2. The van der Waals surface area contributed by atoms with Crippen LogP contribution in [-0.2, 0) is 5.60 Å². The summed E-state index contributed by atoms with van der Waals surface area (Å²) in [7, 11) is 0. The highest BCUT2D eigenvalue weighted by molar-refractivity contribution is 6.30. The van der Waals surface area contributed by atoms with Crippen molar-refractivity contribution in [1.82, 2.24) is 4.90 Å². The van der Waals surface area contributed by atoms with Crippen LogP contribution in [0.2, 0.25) is 5.02 Å². The standard InChI is InChI=1S/C21H23ClN2O/c22-19-8-6-18(7-9-19)21(25)12-15-24(16-13-21)14-2-1-3-17-4-10-20(23)11-5-17/h4-11,25H,2,12-16,23H2. The van der Waals surface area contributed by atoms with Gasteiger partial charge in [0.1, 0.15) is 0 Å². The number of nitrogen functional groups attached to an aromatic ring is 1. The molecule has 2 aromatic carbocycles. The fraction of sp³-hybridized carbons (Fsp3) is 0.333. The number of nitrogens with zero attached hydrogens (tertiary/aromatic N) is 1. The van der Waals surface area contributed by atoms with E-state index in [0.717, 1.165) is 55.7 Å². The molecule has 0 bridgehead atoms. The third-order valence-corrected chi connectivity index (χ3v) is 5.01. The minimum Gasteiger partial charge on any atom is -0.399 e. The summed E-state index contributed by atoms with van der Waals surface area (Å²) in [5.74, 6) is 6.38. The van der Waals surface area contributed by atoms with Gasteiger partial charge in [-0.15, -0.1) is 0 Å². The molecular weight excluding hydrogens is 332 g/mol. The van der Waals surface area contributed by atoms with Crippen molar-refractivity contribution in [2.45, 2.75) is 24.9 Å². The molecule has 0 saturated carbocycles. The summed E-state index contributed by atoms with van der Waals surface area (Å²) in [6.45, 7) is 2.68. The number of rotatable bonds is 3. The first-order chi connectivity index (χ1) is 12.0. The smallest absolute Gasteiger partial charge is 0.0920 e. The number of halogens is 1. The second-order valence-corrected chi connectivity index (χ2v) is 6.99. The molecule has 1 heterocycles. The van der Waals surface area contributed by atoms with Crippen molar-refractivity contribution in [1.29, 1.82) is 0 Å². The first kappa shape index (κ1) is 17.8. The van der Waals surface area contributed by atoms with Crippen LogP contribution >= 0.6 is 11.6 Å². The zero-order valence-electron chi connectivity index (χ0n) is 14.2. The number of nitrogens with two attached hydrogens (primary N) is 1. The molecule has 0 aromatic heterocycles. The topological polar surface area (TPSA) is 49.5 Å². The van der Waals surface area contributed by atoms with Gasteiger partial charge >= 0.3 is 0 Å². The van der Waals surface area contributed by atoms with E-state index in [0.29, 0.717) is 5.02 Å². The monoisotopic (exact) mass is 354 g/mol. The molecule has 2 aromatic rings. The van der Waals surface area contributed by atoms with Crippen molar-refractivity contribution >= 4 is 17.3 Å². The number of piperidine rings is 1. The molecule has 0 spiro atoms. The van der Waals surface area contributed by atoms with Crippen LogP contribution in [0.15, 0.2) is 48.5 Å². The minimum absolute atomic E-state index is 0.699. The normalized spacial score (nSPS) is 16.9. The number of benzene rings is 2. The third kappa shape index (κ3) is 4.76. The van der Waals surface area contributed by atoms with Crippen LogP contribution in [0.5, 0.6) is 0 Å². The van der Waals surface area contributed by atoms with Crippen molar-refractivity contribution < 1.29 is 5.11 Å². The molecule has 25 heavy (non-hydrogen) atoms. The molecule has 1 fully saturated rings.